The van der Waals surface area contributed by atoms with Gasteiger partial charge in [0.1, 0.15) is 0 Å². The SMILES string of the molecule is O=S(=O)(NC1CCN(c2nccc(-c3ccccc3)n2)C1)N1CCCC1. The van der Waals surface area contributed by atoms with Gasteiger partial charge >= 0.3 is 0 Å². The Labute approximate surface area is 154 Å². The van der Waals surface area contributed by atoms with Gasteiger partial charge in [0.05, 0.1) is 5.69 Å². The zero-order valence-electron chi connectivity index (χ0n) is 14.6. The normalized spacial score (nSPS) is 21.4. The average molecular weight is 373 g/mol. The lowest BCUT2D eigenvalue weighted by Crippen LogP contribution is -2.45. The van der Waals surface area contributed by atoms with Gasteiger partial charge < -0.3 is 4.90 Å². The van der Waals surface area contributed by atoms with Crippen LogP contribution in [0.4, 0.5) is 5.95 Å². The monoisotopic (exact) mass is 373 g/mol. The molecule has 0 saturated carbocycles. The van der Waals surface area contributed by atoms with Crippen LogP contribution in [0.5, 0.6) is 0 Å². The van der Waals surface area contributed by atoms with Crippen LogP contribution < -0.4 is 9.62 Å². The maximum atomic E-state index is 12.4. The number of nitrogens with one attached hydrogen (secondary N) is 1. The summed E-state index contributed by atoms with van der Waals surface area (Å²) in [6.45, 7) is 2.57. The van der Waals surface area contributed by atoms with Crippen molar-refractivity contribution in [1.29, 1.82) is 0 Å². The number of hydrogen-bond acceptors (Lipinski definition) is 5. The van der Waals surface area contributed by atoms with Crippen molar-refractivity contribution in [3.8, 4) is 11.3 Å². The molecule has 1 N–H and O–H groups in total. The van der Waals surface area contributed by atoms with Crippen LogP contribution in [0.3, 0.4) is 0 Å². The molecule has 2 fully saturated rings. The Hall–Kier alpha value is -2.03. The van der Waals surface area contributed by atoms with Crippen LogP contribution >= 0.6 is 0 Å². The summed E-state index contributed by atoms with van der Waals surface area (Å²) in [5.74, 6) is 0.647. The standard InChI is InChI=1S/C18H23N5O2S/c24-26(25,23-11-4-5-12-23)21-16-9-13-22(14-16)18-19-10-8-17(20-18)15-6-2-1-3-7-15/h1-3,6-8,10,16,21H,4-5,9,11-14H2. The smallest absolute Gasteiger partial charge is 0.279 e. The van der Waals surface area contributed by atoms with Crippen LogP contribution in [0.25, 0.3) is 11.3 Å². The summed E-state index contributed by atoms with van der Waals surface area (Å²) in [7, 11) is -3.38. The lowest BCUT2D eigenvalue weighted by Gasteiger charge is -2.20. The quantitative estimate of drug-likeness (QED) is 0.862. The fourth-order valence-electron chi connectivity index (χ4n) is 3.52. The van der Waals surface area contributed by atoms with E-state index >= 15 is 0 Å². The Kier molecular flexibility index (Phi) is 4.88. The first-order valence-corrected chi connectivity index (χ1v) is 10.5. The van der Waals surface area contributed by atoms with E-state index in [1.807, 2.05) is 41.3 Å². The van der Waals surface area contributed by atoms with Crippen LogP contribution in [0, 0.1) is 0 Å². The van der Waals surface area contributed by atoms with Gasteiger partial charge in [-0.3, -0.25) is 0 Å². The largest absolute Gasteiger partial charge is 0.339 e. The van der Waals surface area contributed by atoms with Gasteiger partial charge in [-0.25, -0.2) is 9.97 Å². The number of anilines is 1. The zero-order chi connectivity index (χ0) is 18.0. The van der Waals surface area contributed by atoms with Crippen molar-refractivity contribution in [3.05, 3.63) is 42.6 Å². The van der Waals surface area contributed by atoms with E-state index in [-0.39, 0.29) is 6.04 Å². The summed E-state index contributed by atoms with van der Waals surface area (Å²) in [5, 5.41) is 0. The molecule has 1 unspecified atom stereocenters. The molecule has 0 bridgehead atoms. The van der Waals surface area contributed by atoms with Crippen molar-refractivity contribution >= 4 is 16.2 Å². The van der Waals surface area contributed by atoms with Crippen molar-refractivity contribution in [1.82, 2.24) is 19.0 Å². The van der Waals surface area contributed by atoms with Crippen LogP contribution in [-0.2, 0) is 10.2 Å². The second-order valence-electron chi connectivity index (χ2n) is 6.77. The highest BCUT2D eigenvalue weighted by Gasteiger charge is 2.32. The maximum absolute atomic E-state index is 12.4. The third-order valence-corrected chi connectivity index (χ3v) is 6.58. The molecule has 2 aliphatic heterocycles. The van der Waals surface area contributed by atoms with E-state index in [2.05, 4.69) is 14.7 Å². The van der Waals surface area contributed by atoms with Crippen LogP contribution in [0.15, 0.2) is 42.6 Å². The van der Waals surface area contributed by atoms with Crippen molar-refractivity contribution in [2.24, 2.45) is 0 Å². The maximum Gasteiger partial charge on any atom is 0.279 e. The molecule has 2 saturated heterocycles. The summed E-state index contributed by atoms with van der Waals surface area (Å²) in [5.41, 5.74) is 1.92. The number of nitrogens with zero attached hydrogens (tertiary/aromatic N) is 4. The molecule has 2 aliphatic rings. The zero-order valence-corrected chi connectivity index (χ0v) is 15.4. The van der Waals surface area contributed by atoms with Crippen molar-refractivity contribution in [3.63, 3.8) is 0 Å². The molecule has 0 radical (unpaired) electrons. The fraction of sp³-hybridized carbons (Fsp3) is 0.444. The van der Waals surface area contributed by atoms with E-state index in [0.29, 0.717) is 25.6 Å². The minimum absolute atomic E-state index is 0.107. The molecular weight excluding hydrogens is 350 g/mol. The van der Waals surface area contributed by atoms with Crippen molar-refractivity contribution in [2.45, 2.75) is 25.3 Å². The van der Waals surface area contributed by atoms with Gasteiger partial charge in [0, 0.05) is 44.0 Å². The van der Waals surface area contributed by atoms with Gasteiger partial charge in [-0.2, -0.15) is 17.4 Å². The summed E-state index contributed by atoms with van der Waals surface area (Å²) in [6, 6.07) is 11.8. The number of benzene rings is 1. The second-order valence-corrected chi connectivity index (χ2v) is 8.47. The molecule has 8 heteroatoms. The Morgan fingerprint density at radius 3 is 2.58 bits per heavy atom. The second kappa shape index (κ2) is 7.30. The van der Waals surface area contributed by atoms with Gasteiger partial charge in [-0.05, 0) is 25.3 Å². The van der Waals surface area contributed by atoms with Gasteiger partial charge in [0.25, 0.3) is 10.2 Å². The molecule has 7 nitrogen and oxygen atoms in total. The highest BCUT2D eigenvalue weighted by molar-refractivity contribution is 7.87. The predicted molar refractivity (Wildman–Crippen MR) is 101 cm³/mol. The molecule has 1 atom stereocenters. The van der Waals surface area contributed by atoms with E-state index in [4.69, 9.17) is 0 Å². The summed E-state index contributed by atoms with van der Waals surface area (Å²) >= 11 is 0. The lowest BCUT2D eigenvalue weighted by molar-refractivity contribution is 0.455. The number of aromatic nitrogens is 2. The Bertz CT molecular complexity index is 853. The van der Waals surface area contributed by atoms with E-state index < -0.39 is 10.2 Å². The minimum atomic E-state index is -3.38. The van der Waals surface area contributed by atoms with E-state index in [0.717, 1.165) is 37.1 Å². The van der Waals surface area contributed by atoms with E-state index in [1.165, 1.54) is 0 Å². The van der Waals surface area contributed by atoms with Gasteiger partial charge in [-0.15, -0.1) is 0 Å². The van der Waals surface area contributed by atoms with Gasteiger partial charge in [-0.1, -0.05) is 30.3 Å². The molecule has 4 rings (SSSR count). The average Bonchev–Trinajstić information content (AvgIpc) is 3.35. The third-order valence-electron chi connectivity index (χ3n) is 4.90. The molecule has 0 aliphatic carbocycles. The molecule has 0 spiro atoms. The Morgan fingerprint density at radius 1 is 1.04 bits per heavy atom. The molecule has 0 amide bonds. The summed E-state index contributed by atoms with van der Waals surface area (Å²) in [4.78, 5) is 11.1. The first kappa shape index (κ1) is 17.4. The first-order valence-electron chi connectivity index (χ1n) is 9.03. The van der Waals surface area contributed by atoms with E-state index in [9.17, 15) is 8.42 Å². The molecule has 1 aromatic carbocycles. The number of rotatable bonds is 5. The highest BCUT2D eigenvalue weighted by Crippen LogP contribution is 2.22. The molecule has 138 valence electrons. The summed E-state index contributed by atoms with van der Waals surface area (Å²) < 4.78 is 29.3. The summed E-state index contributed by atoms with van der Waals surface area (Å²) in [6.07, 6.45) is 4.40. The molecule has 3 heterocycles. The Balaban J connectivity index is 1.44. The molecule has 26 heavy (non-hydrogen) atoms. The van der Waals surface area contributed by atoms with E-state index in [1.54, 1.807) is 10.5 Å². The minimum Gasteiger partial charge on any atom is -0.339 e. The predicted octanol–water partition coefficient (Wildman–Crippen LogP) is 1.65. The van der Waals surface area contributed by atoms with Crippen molar-refractivity contribution < 1.29 is 8.42 Å². The molecule has 2 aromatic rings. The van der Waals surface area contributed by atoms with Crippen LogP contribution in [-0.4, -0.2) is 54.9 Å². The molecule has 1 aromatic heterocycles. The van der Waals surface area contributed by atoms with Gasteiger partial charge in [0.2, 0.25) is 5.95 Å². The molecular formula is C18H23N5O2S. The first-order chi connectivity index (χ1) is 12.6. The Morgan fingerprint density at radius 2 is 1.81 bits per heavy atom. The topological polar surface area (TPSA) is 78.4 Å². The van der Waals surface area contributed by atoms with Crippen LogP contribution in [0.1, 0.15) is 19.3 Å². The van der Waals surface area contributed by atoms with Crippen molar-refractivity contribution in [2.75, 3.05) is 31.1 Å². The number of hydrogen-bond donors (Lipinski definition) is 1. The lowest BCUT2D eigenvalue weighted by atomic mass is 10.1. The fourth-order valence-corrected chi connectivity index (χ4v) is 5.02. The third kappa shape index (κ3) is 3.72. The van der Waals surface area contributed by atoms with Crippen LogP contribution in [0.2, 0.25) is 0 Å². The highest BCUT2D eigenvalue weighted by atomic mass is 32.2. The van der Waals surface area contributed by atoms with Gasteiger partial charge in [0.15, 0.2) is 0 Å².